The third-order valence-electron chi connectivity index (χ3n) is 5.50. The highest BCUT2D eigenvalue weighted by atomic mass is 16.5. The monoisotopic (exact) mass is 338 g/mol. The van der Waals surface area contributed by atoms with E-state index in [0.29, 0.717) is 0 Å². The molecule has 1 aliphatic heterocycles. The third-order valence-corrected chi connectivity index (χ3v) is 5.50. The Hall–Kier alpha value is -2.20. The van der Waals surface area contributed by atoms with Gasteiger partial charge in [-0.05, 0) is 57.1 Å². The van der Waals surface area contributed by atoms with Crippen LogP contribution in [0.2, 0.25) is 0 Å². The second kappa shape index (κ2) is 6.60. The molecule has 4 rings (SSSR count). The van der Waals surface area contributed by atoms with E-state index < -0.39 is 0 Å². The summed E-state index contributed by atoms with van der Waals surface area (Å²) in [7, 11) is 3.47. The van der Waals surface area contributed by atoms with E-state index in [1.54, 1.807) is 14.2 Å². The zero-order valence-electron chi connectivity index (χ0n) is 15.3. The number of hydrogen-bond donors (Lipinski definition) is 0. The Bertz CT molecular complexity index is 907. The van der Waals surface area contributed by atoms with Crippen molar-refractivity contribution in [1.82, 2.24) is 9.47 Å². The van der Waals surface area contributed by atoms with Crippen LogP contribution in [0.3, 0.4) is 0 Å². The first-order valence-electron chi connectivity index (χ1n) is 9.09. The first-order chi connectivity index (χ1) is 12.2. The number of aryl methyl sites for hydroxylation is 1. The fourth-order valence-corrected chi connectivity index (χ4v) is 4.16. The predicted molar refractivity (Wildman–Crippen MR) is 103 cm³/mol. The molecular weight excluding hydrogens is 312 g/mol. The van der Waals surface area contributed by atoms with Crippen LogP contribution in [-0.2, 0) is 6.54 Å². The van der Waals surface area contributed by atoms with E-state index in [-0.39, 0.29) is 0 Å². The van der Waals surface area contributed by atoms with Gasteiger partial charge in [-0.15, -0.1) is 0 Å². The van der Waals surface area contributed by atoms with Gasteiger partial charge < -0.3 is 18.9 Å². The van der Waals surface area contributed by atoms with Gasteiger partial charge >= 0.3 is 0 Å². The van der Waals surface area contributed by atoms with Gasteiger partial charge in [0.25, 0.3) is 0 Å². The molecule has 0 spiro atoms. The molecule has 3 aromatic rings. The molecule has 0 aliphatic carbocycles. The van der Waals surface area contributed by atoms with Gasteiger partial charge in [-0.3, -0.25) is 0 Å². The maximum Gasteiger partial charge on any atom is 0.123 e. The van der Waals surface area contributed by atoms with E-state index in [9.17, 15) is 0 Å². The molecule has 0 amide bonds. The summed E-state index contributed by atoms with van der Waals surface area (Å²) in [6, 6.07) is 10.6. The highest BCUT2D eigenvalue weighted by molar-refractivity contribution is 6.10. The molecule has 0 bridgehead atoms. The van der Waals surface area contributed by atoms with Crippen LogP contribution in [-0.4, -0.2) is 43.3 Å². The van der Waals surface area contributed by atoms with Gasteiger partial charge in [0.1, 0.15) is 11.5 Å². The lowest BCUT2D eigenvalue weighted by molar-refractivity contribution is 0.326. The molecule has 1 aliphatic rings. The van der Waals surface area contributed by atoms with Gasteiger partial charge in [-0.1, -0.05) is 0 Å². The van der Waals surface area contributed by atoms with Gasteiger partial charge in [0.2, 0.25) is 0 Å². The minimum atomic E-state index is 0.905. The first kappa shape index (κ1) is 16.3. The van der Waals surface area contributed by atoms with Crippen molar-refractivity contribution in [2.75, 3.05) is 33.9 Å². The molecule has 1 saturated heterocycles. The fraction of sp³-hybridized carbons (Fsp3) is 0.429. The molecule has 1 fully saturated rings. The second-order valence-electron chi connectivity index (χ2n) is 6.87. The van der Waals surface area contributed by atoms with E-state index in [0.717, 1.165) is 24.6 Å². The molecule has 2 aromatic carbocycles. The number of rotatable bonds is 5. The van der Waals surface area contributed by atoms with E-state index in [4.69, 9.17) is 9.47 Å². The third kappa shape index (κ3) is 2.74. The molecule has 0 atom stereocenters. The van der Waals surface area contributed by atoms with Crippen LogP contribution in [0.5, 0.6) is 11.5 Å². The lowest BCUT2D eigenvalue weighted by Crippen LogP contribution is -2.24. The zero-order chi connectivity index (χ0) is 17.4. The van der Waals surface area contributed by atoms with Crippen LogP contribution >= 0.6 is 0 Å². The quantitative estimate of drug-likeness (QED) is 0.697. The summed E-state index contributed by atoms with van der Waals surface area (Å²) in [5.74, 6) is 1.85. The molecule has 2 heterocycles. The van der Waals surface area contributed by atoms with E-state index >= 15 is 0 Å². The fourth-order valence-electron chi connectivity index (χ4n) is 4.16. The summed E-state index contributed by atoms with van der Waals surface area (Å²) in [4.78, 5) is 2.56. The Morgan fingerprint density at radius 1 is 0.920 bits per heavy atom. The molecule has 0 radical (unpaired) electrons. The van der Waals surface area contributed by atoms with Crippen molar-refractivity contribution in [1.29, 1.82) is 0 Å². The number of benzene rings is 2. The highest BCUT2D eigenvalue weighted by Gasteiger charge is 2.17. The van der Waals surface area contributed by atoms with Crippen molar-refractivity contribution in [3.63, 3.8) is 0 Å². The van der Waals surface area contributed by atoms with Crippen molar-refractivity contribution in [3.05, 3.63) is 35.9 Å². The van der Waals surface area contributed by atoms with Crippen LogP contribution in [0.1, 0.15) is 18.4 Å². The number of nitrogens with zero attached hydrogens (tertiary/aromatic N) is 2. The molecule has 0 saturated carbocycles. The molecular formula is C21H26N2O2. The molecule has 0 unspecified atom stereocenters. The summed E-state index contributed by atoms with van der Waals surface area (Å²) in [5, 5.41) is 2.57. The van der Waals surface area contributed by atoms with Crippen molar-refractivity contribution >= 4 is 21.8 Å². The van der Waals surface area contributed by atoms with E-state index in [2.05, 4.69) is 40.7 Å². The lowest BCUT2D eigenvalue weighted by Gasteiger charge is -2.17. The largest absolute Gasteiger partial charge is 0.497 e. The van der Waals surface area contributed by atoms with Crippen LogP contribution in [0.25, 0.3) is 21.8 Å². The number of fused-ring (bicyclic) bond motifs is 3. The Morgan fingerprint density at radius 2 is 1.68 bits per heavy atom. The number of methoxy groups -OCH3 is 2. The summed E-state index contributed by atoms with van der Waals surface area (Å²) in [6.45, 7) is 6.68. The van der Waals surface area contributed by atoms with Crippen LogP contribution < -0.4 is 9.47 Å². The Balaban J connectivity index is 1.89. The number of aromatic nitrogens is 1. The number of likely N-dealkylation sites (tertiary alicyclic amines) is 1. The number of hydrogen-bond acceptors (Lipinski definition) is 3. The summed E-state index contributed by atoms with van der Waals surface area (Å²) in [5.41, 5.74) is 3.73. The Morgan fingerprint density at radius 3 is 2.40 bits per heavy atom. The van der Waals surface area contributed by atoms with Crippen LogP contribution in [0.4, 0.5) is 0 Å². The maximum atomic E-state index is 5.58. The lowest BCUT2D eigenvalue weighted by atomic mass is 10.1. The molecule has 25 heavy (non-hydrogen) atoms. The van der Waals surface area contributed by atoms with Crippen LogP contribution in [0, 0.1) is 6.92 Å². The number of ether oxygens (including phenoxy) is 2. The average molecular weight is 338 g/mol. The smallest absolute Gasteiger partial charge is 0.123 e. The van der Waals surface area contributed by atoms with Gasteiger partial charge in [0.05, 0.1) is 25.3 Å². The minimum absolute atomic E-state index is 0.905. The normalized spacial score (nSPS) is 15.3. The SMILES string of the molecule is COc1ccc2c3ccc(OC)c(C)c3n(CCN3CCCC3)c2c1. The van der Waals surface area contributed by atoms with Crippen molar-refractivity contribution < 1.29 is 9.47 Å². The topological polar surface area (TPSA) is 26.6 Å². The van der Waals surface area contributed by atoms with Crippen molar-refractivity contribution in [2.24, 2.45) is 0 Å². The van der Waals surface area contributed by atoms with Gasteiger partial charge in [0.15, 0.2) is 0 Å². The minimum Gasteiger partial charge on any atom is -0.497 e. The van der Waals surface area contributed by atoms with Crippen molar-refractivity contribution in [3.8, 4) is 11.5 Å². The van der Waals surface area contributed by atoms with Gasteiger partial charge in [0, 0.05) is 35.5 Å². The van der Waals surface area contributed by atoms with Crippen molar-refractivity contribution in [2.45, 2.75) is 26.3 Å². The zero-order valence-corrected chi connectivity index (χ0v) is 15.3. The first-order valence-corrected chi connectivity index (χ1v) is 9.09. The summed E-state index contributed by atoms with van der Waals surface area (Å²) < 4.78 is 13.5. The van der Waals surface area contributed by atoms with E-state index in [1.165, 1.54) is 53.3 Å². The average Bonchev–Trinajstić information content (AvgIpc) is 3.26. The summed E-state index contributed by atoms with van der Waals surface area (Å²) in [6.07, 6.45) is 2.65. The highest BCUT2D eigenvalue weighted by Crippen LogP contribution is 2.36. The summed E-state index contributed by atoms with van der Waals surface area (Å²) >= 11 is 0. The standard InChI is InChI=1S/C21H26N2O2/c1-15-20(25-3)9-8-18-17-7-6-16(24-2)14-19(17)23(21(15)18)13-12-22-10-4-5-11-22/h6-9,14H,4-5,10-13H2,1-3H3. The van der Waals surface area contributed by atoms with Crippen LogP contribution in [0.15, 0.2) is 30.3 Å². The predicted octanol–water partition coefficient (Wildman–Crippen LogP) is 4.22. The Labute approximate surface area is 148 Å². The molecule has 1 aromatic heterocycles. The maximum absolute atomic E-state index is 5.58. The molecule has 4 heteroatoms. The molecule has 132 valence electrons. The van der Waals surface area contributed by atoms with Gasteiger partial charge in [-0.2, -0.15) is 0 Å². The molecule has 4 nitrogen and oxygen atoms in total. The molecule has 0 N–H and O–H groups in total. The van der Waals surface area contributed by atoms with Gasteiger partial charge in [-0.25, -0.2) is 0 Å². The Kier molecular flexibility index (Phi) is 4.30. The second-order valence-corrected chi connectivity index (χ2v) is 6.87. The van der Waals surface area contributed by atoms with E-state index in [1.807, 2.05) is 6.07 Å².